The summed E-state index contributed by atoms with van der Waals surface area (Å²) in [6.45, 7) is 19.8. The van der Waals surface area contributed by atoms with E-state index in [0.717, 1.165) is 116 Å². The van der Waals surface area contributed by atoms with Crippen LogP contribution in [-0.2, 0) is 0 Å². The molecule has 20 aromatic rings. The lowest BCUT2D eigenvalue weighted by Crippen LogP contribution is -1.90. The highest BCUT2D eigenvalue weighted by Gasteiger charge is 2.31. The number of benzene rings is 10. The number of phenols is 5. The van der Waals surface area contributed by atoms with Gasteiger partial charge in [-0.15, -0.1) is 70.3 Å². The molecule has 0 aliphatic rings. The molecular weight excluding hydrogens is 1200 g/mol. The number of nitrogens with zero attached hydrogens (tertiary/aromatic N) is 15. The maximum absolute atomic E-state index is 10.2. The van der Waals surface area contributed by atoms with Crippen LogP contribution in [0.3, 0.4) is 0 Å². The van der Waals surface area contributed by atoms with Crippen molar-refractivity contribution in [3.63, 3.8) is 0 Å². The van der Waals surface area contributed by atoms with E-state index in [4.69, 9.17) is 23.2 Å². The molecule has 0 unspecified atom stereocenters. The number of halogens is 2. The van der Waals surface area contributed by atoms with Gasteiger partial charge in [0.05, 0.1) is 0 Å². The second-order valence-electron chi connectivity index (χ2n) is 24.3. The minimum Gasteiger partial charge on any atom is -0.505 e. The Hall–Kier alpha value is -11.2. The Balaban J connectivity index is 0.0000000915. The number of aryl methyl sites for hydroxylation is 10. The first kappa shape index (κ1) is 56.0. The van der Waals surface area contributed by atoms with Crippen molar-refractivity contribution < 1.29 is 25.5 Å². The van der Waals surface area contributed by atoms with Crippen molar-refractivity contribution >= 4 is 78.4 Å². The van der Waals surface area contributed by atoms with Crippen molar-refractivity contribution in [1.82, 2.24) is 70.3 Å². The summed E-state index contributed by atoms with van der Waals surface area (Å²) in [6, 6.07) is 56.0. The summed E-state index contributed by atoms with van der Waals surface area (Å²) in [6.07, 6.45) is 0. The average molecular weight is 1270 g/mol. The minimum absolute atomic E-state index is 0.317. The molecule has 0 aliphatic heterocycles. The molecule has 0 fully saturated rings. The molecule has 462 valence electrons. The van der Waals surface area contributed by atoms with Crippen molar-refractivity contribution in [2.75, 3.05) is 0 Å². The van der Waals surface area contributed by atoms with Gasteiger partial charge in [0.2, 0.25) is 0 Å². The zero-order valence-electron chi connectivity index (χ0n) is 51.9. The van der Waals surface area contributed by atoms with Gasteiger partial charge >= 0.3 is 0 Å². The Morgan fingerprint density at radius 1 is 0.217 bits per heavy atom. The number of aromatic nitrogens is 15. The standard InChI is InChI=1S/2C14H12ClN3O.3C14H13N3O/c2*1-8-5-9(2)14(19)13(6-8)18-16-11-4-3-10(15)7-12(11)17(16)18;3*1-9-7-10(2)14(18)13(8-9)17-15-11-5-3-4-6-12(11)16(15)17/h2*3-7,19H,1-2H3;3*3-8,18H,1-2H3. The Labute approximate surface area is 533 Å². The molecule has 92 heavy (non-hydrogen) atoms. The Bertz CT molecular complexity index is 5510. The summed E-state index contributed by atoms with van der Waals surface area (Å²) < 4.78 is 20.2. The molecule has 0 atom stereocenters. The molecule has 0 saturated carbocycles. The van der Waals surface area contributed by atoms with Gasteiger partial charge < -0.3 is 25.5 Å². The van der Waals surface area contributed by atoms with Gasteiger partial charge in [-0.25, -0.2) is 0 Å². The zero-order valence-corrected chi connectivity index (χ0v) is 53.4. The topological polar surface area (TPSA) is 170 Å². The van der Waals surface area contributed by atoms with Crippen molar-refractivity contribution in [2.24, 2.45) is 0 Å². The predicted molar refractivity (Wildman–Crippen MR) is 360 cm³/mol. The molecule has 0 amide bonds. The van der Waals surface area contributed by atoms with E-state index < -0.39 is 0 Å². The highest BCUT2D eigenvalue weighted by molar-refractivity contribution is 6.31. The first-order chi connectivity index (χ1) is 44.2. The molecular formula is C70H63Cl2N15O5. The summed E-state index contributed by atoms with van der Waals surface area (Å²) in [4.78, 5) is 9.84. The Morgan fingerprint density at radius 3 is 0.587 bits per heavy atom. The lowest BCUT2D eigenvalue weighted by Gasteiger charge is -2.04. The smallest absolute Gasteiger partial charge is 0.146 e. The van der Waals surface area contributed by atoms with Gasteiger partial charge in [-0.2, -0.15) is 0 Å². The van der Waals surface area contributed by atoms with Gasteiger partial charge in [0, 0.05) is 10.0 Å². The van der Waals surface area contributed by atoms with Crippen molar-refractivity contribution in [2.45, 2.75) is 69.2 Å². The largest absolute Gasteiger partial charge is 0.505 e. The van der Waals surface area contributed by atoms with Crippen LogP contribution in [0.2, 0.25) is 10.0 Å². The minimum atomic E-state index is 0.317. The molecule has 10 heterocycles. The van der Waals surface area contributed by atoms with E-state index in [1.165, 1.54) is 33.1 Å². The highest BCUT2D eigenvalue weighted by Crippen LogP contribution is 2.39. The molecule has 10 aromatic heterocycles. The molecule has 0 aliphatic carbocycles. The van der Waals surface area contributed by atoms with Crippen LogP contribution in [0.1, 0.15) is 55.6 Å². The van der Waals surface area contributed by atoms with E-state index in [2.05, 4.69) is 36.4 Å². The van der Waals surface area contributed by atoms with Crippen LogP contribution in [0.15, 0.2) is 170 Å². The molecule has 0 spiro atoms. The fraction of sp³-hybridized carbons (Fsp3) is 0.143. The van der Waals surface area contributed by atoms with Crippen LogP contribution < -0.4 is 0 Å². The molecule has 10 aromatic carbocycles. The van der Waals surface area contributed by atoms with E-state index in [1.54, 1.807) is 0 Å². The van der Waals surface area contributed by atoms with Crippen LogP contribution >= 0.6 is 23.2 Å². The number of fused-ring (bicyclic) bond motifs is 20. The fourth-order valence-corrected chi connectivity index (χ4v) is 13.3. The SMILES string of the molecule is Cc1cc(C)c(O)c(-n2n3c4ccc(Cl)cc4n23)c1.Cc1cc(C)c(O)c(-n2n3c4ccc(Cl)cc4n23)c1.Cc1cc(C)c(O)c(-n2n3c4ccccc4n23)c1.Cc1cc(C)c(O)c(-n2n3c4ccccc4n23)c1.Cc1cc(C)c(O)c(-n2n3c4ccccc4n23)c1. The normalized spacial score (nSPS) is 12.1. The molecule has 5 N–H and O–H groups in total. The molecule has 20 rings (SSSR count). The summed E-state index contributed by atoms with van der Waals surface area (Å²) in [5.41, 5.74) is 25.7. The van der Waals surface area contributed by atoms with E-state index >= 15 is 0 Å². The molecule has 0 saturated heterocycles. The highest BCUT2D eigenvalue weighted by atomic mass is 35.5. The molecule has 20 nitrogen and oxygen atoms in total. The Kier molecular flexibility index (Phi) is 12.1. The van der Waals surface area contributed by atoms with Crippen LogP contribution in [0.5, 0.6) is 28.7 Å². The third-order valence-electron chi connectivity index (χ3n) is 17.4. The average Bonchev–Trinajstić information content (AvgIpc) is 1.55. The van der Waals surface area contributed by atoms with Crippen molar-refractivity contribution in [3.8, 4) is 57.2 Å². The first-order valence-corrected chi connectivity index (χ1v) is 30.8. The summed E-state index contributed by atoms with van der Waals surface area (Å²) in [5, 5.41) is 52.4. The number of phenolic OH excluding ortho intramolecular Hbond substituents is 5. The third-order valence-corrected chi connectivity index (χ3v) is 17.9. The number of hydrogen-bond donors (Lipinski definition) is 5. The lowest BCUT2D eigenvalue weighted by atomic mass is 10.1. The maximum atomic E-state index is 10.2. The molecule has 0 bridgehead atoms. The predicted octanol–water partition coefficient (Wildman–Crippen LogP) is 15.0. The molecule has 0 radical (unpaired) electrons. The van der Waals surface area contributed by atoms with Gasteiger partial charge in [-0.3, -0.25) is 0 Å². The monoisotopic (exact) mass is 1260 g/mol. The summed E-state index contributed by atoms with van der Waals surface area (Å²) in [7, 11) is 0. The van der Waals surface area contributed by atoms with E-state index in [1.807, 2.05) is 273 Å². The number of aromatic hydroxyl groups is 5. The van der Waals surface area contributed by atoms with Gasteiger partial charge in [-0.05, 0) is 228 Å². The second kappa shape index (κ2) is 19.9. The van der Waals surface area contributed by atoms with Crippen LogP contribution in [0.4, 0.5) is 0 Å². The van der Waals surface area contributed by atoms with Gasteiger partial charge in [0.25, 0.3) is 0 Å². The van der Waals surface area contributed by atoms with E-state index in [0.29, 0.717) is 28.7 Å². The van der Waals surface area contributed by atoms with Crippen molar-refractivity contribution in [3.05, 3.63) is 236 Å². The van der Waals surface area contributed by atoms with E-state index in [-0.39, 0.29) is 0 Å². The zero-order chi connectivity index (χ0) is 63.9. The van der Waals surface area contributed by atoms with Crippen molar-refractivity contribution in [1.29, 1.82) is 0 Å². The summed E-state index contributed by atoms with van der Waals surface area (Å²) in [5.74, 6) is 1.68. The van der Waals surface area contributed by atoms with Crippen LogP contribution in [-0.4, -0.2) is 95.8 Å². The fourth-order valence-electron chi connectivity index (χ4n) is 13.0. The number of rotatable bonds is 5. The summed E-state index contributed by atoms with van der Waals surface area (Å²) >= 11 is 12.0. The third kappa shape index (κ3) is 8.43. The maximum Gasteiger partial charge on any atom is 0.146 e. The first-order valence-electron chi connectivity index (χ1n) is 30.1. The van der Waals surface area contributed by atoms with Gasteiger partial charge in [-0.1, -0.05) is 89.9 Å². The number of para-hydroxylation sites is 6. The number of hydrogen-bond acceptors (Lipinski definition) is 5. The molecule has 22 heteroatoms. The quantitative estimate of drug-likeness (QED) is 0.115. The lowest BCUT2D eigenvalue weighted by molar-refractivity contribution is 0.467. The van der Waals surface area contributed by atoms with Crippen LogP contribution in [0, 0.1) is 69.2 Å². The van der Waals surface area contributed by atoms with Gasteiger partial charge in [0.15, 0.2) is 0 Å². The van der Waals surface area contributed by atoms with E-state index in [9.17, 15) is 25.5 Å². The van der Waals surface area contributed by atoms with Crippen LogP contribution in [0.25, 0.3) is 83.6 Å². The Morgan fingerprint density at radius 2 is 0.391 bits per heavy atom. The second-order valence-corrected chi connectivity index (χ2v) is 25.2. The van der Waals surface area contributed by atoms with Gasteiger partial charge in [0.1, 0.15) is 112 Å².